The van der Waals surface area contributed by atoms with Gasteiger partial charge >= 0.3 is 0 Å². The van der Waals surface area contributed by atoms with Crippen molar-refractivity contribution in [2.75, 3.05) is 0 Å². The molecule has 0 aromatic rings. The lowest BCUT2D eigenvalue weighted by Crippen LogP contribution is -2.53. The molecule has 0 saturated heterocycles. The molecule has 0 aliphatic rings. The highest BCUT2D eigenvalue weighted by Gasteiger charge is 2.26. The number of hydrogen-bond donors (Lipinski definition) is 3. The molecule has 0 fully saturated rings. The minimum atomic E-state index is -0.747. The molecule has 0 spiro atoms. The van der Waals surface area contributed by atoms with Gasteiger partial charge in [0.15, 0.2) is 0 Å². The molecule has 0 heterocycles. The van der Waals surface area contributed by atoms with E-state index in [-0.39, 0.29) is 17.7 Å². The smallest absolute Gasteiger partial charge is 0.243 e. The molecular formula is C11H21N3O3. The first-order chi connectivity index (χ1) is 7.79. The van der Waals surface area contributed by atoms with Gasteiger partial charge in [-0.2, -0.15) is 0 Å². The molecule has 98 valence electrons. The van der Waals surface area contributed by atoms with Crippen molar-refractivity contribution in [3.63, 3.8) is 0 Å². The molecule has 3 amide bonds. The van der Waals surface area contributed by atoms with E-state index in [1.807, 2.05) is 13.8 Å². The van der Waals surface area contributed by atoms with Crippen molar-refractivity contribution in [1.29, 1.82) is 0 Å². The second kappa shape index (κ2) is 6.88. The number of nitrogens with two attached hydrogens (primary N) is 1. The third-order valence-corrected chi connectivity index (χ3v) is 2.64. The molecule has 3 atom stereocenters. The van der Waals surface area contributed by atoms with E-state index in [4.69, 9.17) is 5.73 Å². The van der Waals surface area contributed by atoms with Gasteiger partial charge in [0, 0.05) is 6.92 Å². The monoisotopic (exact) mass is 243 g/mol. The molecule has 0 saturated carbocycles. The van der Waals surface area contributed by atoms with Gasteiger partial charge < -0.3 is 16.4 Å². The standard InChI is InChI=1S/C11H21N3O3/c1-5-6(2)9(14-8(4)15)11(17)13-7(3)10(12)16/h6-7,9H,5H2,1-4H3,(H2,12,16)(H,13,17)(H,14,15)/t6-,7+,9-/m0/s1. The summed E-state index contributed by atoms with van der Waals surface area (Å²) in [5.41, 5.74) is 5.05. The summed E-state index contributed by atoms with van der Waals surface area (Å²) in [6.07, 6.45) is 0.739. The molecule has 0 bridgehead atoms. The zero-order valence-corrected chi connectivity index (χ0v) is 10.7. The molecule has 0 aliphatic heterocycles. The van der Waals surface area contributed by atoms with Crippen LogP contribution in [0.4, 0.5) is 0 Å². The van der Waals surface area contributed by atoms with E-state index in [1.54, 1.807) is 0 Å². The predicted molar refractivity (Wildman–Crippen MR) is 63.9 cm³/mol. The van der Waals surface area contributed by atoms with E-state index in [1.165, 1.54) is 13.8 Å². The summed E-state index contributed by atoms with van der Waals surface area (Å²) in [4.78, 5) is 33.7. The Morgan fingerprint density at radius 2 is 1.71 bits per heavy atom. The molecule has 0 aliphatic carbocycles. The molecule has 0 aromatic carbocycles. The van der Waals surface area contributed by atoms with E-state index in [0.29, 0.717) is 0 Å². The average Bonchev–Trinajstić information content (AvgIpc) is 2.24. The highest BCUT2D eigenvalue weighted by atomic mass is 16.2. The Balaban J connectivity index is 4.63. The van der Waals surface area contributed by atoms with E-state index in [2.05, 4.69) is 10.6 Å². The Hall–Kier alpha value is -1.59. The molecule has 4 N–H and O–H groups in total. The van der Waals surface area contributed by atoms with Crippen molar-refractivity contribution in [3.05, 3.63) is 0 Å². The summed E-state index contributed by atoms with van der Waals surface area (Å²) in [7, 11) is 0. The third-order valence-electron chi connectivity index (χ3n) is 2.64. The van der Waals surface area contributed by atoms with Crippen LogP contribution in [-0.4, -0.2) is 29.8 Å². The summed E-state index contributed by atoms with van der Waals surface area (Å²) >= 11 is 0. The Morgan fingerprint density at radius 3 is 2.06 bits per heavy atom. The minimum absolute atomic E-state index is 0.0148. The Morgan fingerprint density at radius 1 is 1.18 bits per heavy atom. The fraction of sp³-hybridized carbons (Fsp3) is 0.727. The van der Waals surface area contributed by atoms with Gasteiger partial charge in [0.25, 0.3) is 0 Å². The molecule has 6 heteroatoms. The van der Waals surface area contributed by atoms with Gasteiger partial charge in [0.05, 0.1) is 0 Å². The SMILES string of the molecule is CC[C@H](C)[C@H](NC(C)=O)C(=O)N[C@H](C)C(N)=O. The molecule has 17 heavy (non-hydrogen) atoms. The van der Waals surface area contributed by atoms with Crippen LogP contribution < -0.4 is 16.4 Å². The maximum absolute atomic E-state index is 11.9. The summed E-state index contributed by atoms with van der Waals surface area (Å²) in [5, 5.41) is 5.04. The summed E-state index contributed by atoms with van der Waals surface area (Å²) in [5.74, 6) is -1.29. The van der Waals surface area contributed by atoms with Crippen molar-refractivity contribution < 1.29 is 14.4 Å². The number of carbonyl (C=O) groups is 3. The van der Waals surface area contributed by atoms with Crippen molar-refractivity contribution in [3.8, 4) is 0 Å². The molecule has 0 radical (unpaired) electrons. The average molecular weight is 243 g/mol. The first-order valence-corrected chi connectivity index (χ1v) is 5.66. The van der Waals surface area contributed by atoms with Crippen LogP contribution in [0.3, 0.4) is 0 Å². The van der Waals surface area contributed by atoms with Gasteiger partial charge in [0.1, 0.15) is 12.1 Å². The lowest BCUT2D eigenvalue weighted by Gasteiger charge is -2.24. The number of nitrogens with one attached hydrogen (secondary N) is 2. The van der Waals surface area contributed by atoms with Crippen LogP contribution in [0.2, 0.25) is 0 Å². The van der Waals surface area contributed by atoms with E-state index >= 15 is 0 Å². The molecule has 0 unspecified atom stereocenters. The third kappa shape index (κ3) is 5.33. The molecular weight excluding hydrogens is 222 g/mol. The normalized spacial score (nSPS) is 15.5. The van der Waals surface area contributed by atoms with Gasteiger partial charge in [-0.25, -0.2) is 0 Å². The number of hydrogen-bond acceptors (Lipinski definition) is 3. The first-order valence-electron chi connectivity index (χ1n) is 5.66. The fourth-order valence-corrected chi connectivity index (χ4v) is 1.30. The number of rotatable bonds is 6. The van der Waals surface area contributed by atoms with Crippen LogP contribution >= 0.6 is 0 Å². The summed E-state index contributed by atoms with van der Waals surface area (Å²) in [6, 6.07) is -1.39. The predicted octanol–water partition coefficient (Wildman–Crippen LogP) is -0.473. The zero-order chi connectivity index (χ0) is 13.6. The second-order valence-electron chi connectivity index (χ2n) is 4.20. The summed E-state index contributed by atoms with van der Waals surface area (Å²) in [6.45, 7) is 6.63. The lowest BCUT2D eigenvalue weighted by atomic mass is 9.98. The fourth-order valence-electron chi connectivity index (χ4n) is 1.30. The quantitative estimate of drug-likeness (QED) is 0.587. The number of carbonyl (C=O) groups excluding carboxylic acids is 3. The van der Waals surface area contributed by atoms with Crippen LogP contribution in [0, 0.1) is 5.92 Å². The first kappa shape index (κ1) is 15.4. The van der Waals surface area contributed by atoms with Gasteiger partial charge in [-0.3, -0.25) is 14.4 Å². The highest BCUT2D eigenvalue weighted by molar-refractivity contribution is 5.91. The molecule has 6 nitrogen and oxygen atoms in total. The van der Waals surface area contributed by atoms with E-state index in [0.717, 1.165) is 6.42 Å². The number of amides is 3. The Bertz CT molecular complexity index is 304. The van der Waals surface area contributed by atoms with Crippen molar-refractivity contribution in [2.45, 2.75) is 46.2 Å². The van der Waals surface area contributed by atoms with Gasteiger partial charge in [-0.1, -0.05) is 20.3 Å². The van der Waals surface area contributed by atoms with E-state index < -0.39 is 18.0 Å². The largest absolute Gasteiger partial charge is 0.368 e. The van der Waals surface area contributed by atoms with Crippen LogP contribution in [0.5, 0.6) is 0 Å². The number of primary amides is 1. The van der Waals surface area contributed by atoms with Gasteiger partial charge in [-0.15, -0.1) is 0 Å². The van der Waals surface area contributed by atoms with Crippen molar-refractivity contribution >= 4 is 17.7 Å². The maximum Gasteiger partial charge on any atom is 0.243 e. The lowest BCUT2D eigenvalue weighted by molar-refractivity contribution is -0.131. The molecule has 0 aromatic heterocycles. The Kier molecular flexibility index (Phi) is 6.23. The van der Waals surface area contributed by atoms with Gasteiger partial charge in [0.2, 0.25) is 17.7 Å². The zero-order valence-electron chi connectivity index (χ0n) is 10.7. The Labute approximate surface area is 101 Å². The molecule has 0 rings (SSSR count). The van der Waals surface area contributed by atoms with E-state index in [9.17, 15) is 14.4 Å². The van der Waals surface area contributed by atoms with Crippen LogP contribution in [0.25, 0.3) is 0 Å². The minimum Gasteiger partial charge on any atom is -0.368 e. The van der Waals surface area contributed by atoms with Crippen LogP contribution in [0.15, 0.2) is 0 Å². The highest BCUT2D eigenvalue weighted by Crippen LogP contribution is 2.08. The van der Waals surface area contributed by atoms with Crippen molar-refractivity contribution in [2.24, 2.45) is 11.7 Å². The maximum atomic E-state index is 11.9. The second-order valence-corrected chi connectivity index (χ2v) is 4.20. The van der Waals surface area contributed by atoms with Gasteiger partial charge in [-0.05, 0) is 12.8 Å². The topological polar surface area (TPSA) is 101 Å². The van der Waals surface area contributed by atoms with Crippen LogP contribution in [-0.2, 0) is 14.4 Å². The van der Waals surface area contributed by atoms with Crippen molar-refractivity contribution in [1.82, 2.24) is 10.6 Å². The summed E-state index contributed by atoms with van der Waals surface area (Å²) < 4.78 is 0. The van der Waals surface area contributed by atoms with Crippen LogP contribution in [0.1, 0.15) is 34.1 Å².